The molecule has 0 aliphatic heterocycles. The molecule has 0 unspecified atom stereocenters. The van der Waals surface area contributed by atoms with E-state index in [0.717, 1.165) is 18.8 Å². The van der Waals surface area contributed by atoms with Crippen molar-refractivity contribution >= 4 is 17.4 Å². The van der Waals surface area contributed by atoms with Crippen LogP contribution in [0.2, 0.25) is 0 Å². The summed E-state index contributed by atoms with van der Waals surface area (Å²) in [7, 11) is 1.60. The molecule has 0 bridgehead atoms. The molecule has 1 aromatic heterocycles. The molecular formula is C11H17ClN2O2. The second-order valence-electron chi connectivity index (χ2n) is 3.15. The minimum atomic E-state index is 0.546. The average molecular weight is 245 g/mol. The molecule has 0 radical (unpaired) electrons. The highest BCUT2D eigenvalue weighted by atomic mass is 35.5. The van der Waals surface area contributed by atoms with Crippen LogP contribution in [0, 0.1) is 0 Å². The minimum Gasteiger partial charge on any atom is -0.481 e. The quantitative estimate of drug-likeness (QED) is 0.562. The molecule has 0 aliphatic carbocycles. The van der Waals surface area contributed by atoms with Crippen LogP contribution in [0.3, 0.4) is 0 Å². The fourth-order valence-electron chi connectivity index (χ4n) is 1.17. The summed E-state index contributed by atoms with van der Waals surface area (Å²) in [6, 6.07) is 5.62. The Balaban J connectivity index is 2.16. The third-order valence-corrected chi connectivity index (χ3v) is 2.08. The van der Waals surface area contributed by atoms with Gasteiger partial charge >= 0.3 is 0 Å². The summed E-state index contributed by atoms with van der Waals surface area (Å²) in [6.45, 7) is 2.14. The first kappa shape index (κ1) is 13.1. The van der Waals surface area contributed by atoms with Gasteiger partial charge in [-0.1, -0.05) is 6.07 Å². The minimum absolute atomic E-state index is 0.546. The lowest BCUT2D eigenvalue weighted by molar-refractivity contribution is 0.149. The molecule has 16 heavy (non-hydrogen) atoms. The number of pyridine rings is 1. The summed E-state index contributed by atoms with van der Waals surface area (Å²) in [5, 5.41) is 3.19. The number of ether oxygens (including phenoxy) is 2. The van der Waals surface area contributed by atoms with Crippen LogP contribution in [0.5, 0.6) is 5.88 Å². The van der Waals surface area contributed by atoms with Gasteiger partial charge in [-0.15, -0.1) is 11.6 Å². The third kappa shape index (κ3) is 5.19. The van der Waals surface area contributed by atoms with Crippen LogP contribution in [-0.4, -0.2) is 37.7 Å². The van der Waals surface area contributed by atoms with Crippen molar-refractivity contribution in [3.63, 3.8) is 0 Å². The fourth-order valence-corrected chi connectivity index (χ4v) is 1.28. The molecule has 0 aromatic carbocycles. The Labute approximate surface area is 101 Å². The van der Waals surface area contributed by atoms with Gasteiger partial charge in [-0.3, -0.25) is 0 Å². The molecule has 4 nitrogen and oxygen atoms in total. The Hall–Kier alpha value is -1.00. The third-order valence-electron chi connectivity index (χ3n) is 1.93. The topological polar surface area (TPSA) is 43.4 Å². The predicted octanol–water partition coefficient (Wildman–Crippen LogP) is 2.15. The number of nitrogens with one attached hydrogen (secondary N) is 1. The Morgan fingerprint density at radius 2 is 2.25 bits per heavy atom. The van der Waals surface area contributed by atoms with Crippen LogP contribution >= 0.6 is 11.6 Å². The van der Waals surface area contributed by atoms with E-state index in [1.54, 1.807) is 7.11 Å². The van der Waals surface area contributed by atoms with Gasteiger partial charge in [-0.2, -0.15) is 4.98 Å². The van der Waals surface area contributed by atoms with Crippen molar-refractivity contribution in [3.8, 4) is 5.88 Å². The van der Waals surface area contributed by atoms with Gasteiger partial charge in [0.15, 0.2) is 0 Å². The van der Waals surface area contributed by atoms with Crippen LogP contribution in [-0.2, 0) is 4.74 Å². The summed E-state index contributed by atoms with van der Waals surface area (Å²) < 4.78 is 10.3. The maximum Gasteiger partial charge on any atom is 0.214 e. The number of aromatic nitrogens is 1. The molecule has 90 valence electrons. The highest BCUT2D eigenvalue weighted by Gasteiger charge is 1.96. The van der Waals surface area contributed by atoms with Crippen LogP contribution in [0.15, 0.2) is 18.2 Å². The smallest absolute Gasteiger partial charge is 0.214 e. The van der Waals surface area contributed by atoms with Crippen molar-refractivity contribution in [1.82, 2.24) is 4.98 Å². The zero-order chi connectivity index (χ0) is 11.6. The highest BCUT2D eigenvalue weighted by Crippen LogP contribution is 2.10. The van der Waals surface area contributed by atoms with Crippen molar-refractivity contribution in [3.05, 3.63) is 18.2 Å². The lowest BCUT2D eigenvalue weighted by atomic mass is 10.4. The molecule has 1 N–H and O–H groups in total. The van der Waals surface area contributed by atoms with Gasteiger partial charge in [-0.05, 0) is 12.5 Å². The summed E-state index contributed by atoms with van der Waals surface area (Å²) in [5.74, 6) is 1.98. The highest BCUT2D eigenvalue weighted by molar-refractivity contribution is 6.17. The largest absolute Gasteiger partial charge is 0.481 e. The molecule has 0 saturated heterocycles. The standard InChI is InChI=1S/C11H17ClN2O2/c1-15-11-5-2-4-10(14-11)13-7-3-8-16-9-6-12/h2,4-5H,3,6-9H2,1H3,(H,13,14). The normalized spacial score (nSPS) is 10.1. The summed E-state index contributed by atoms with van der Waals surface area (Å²) in [6.07, 6.45) is 0.926. The molecule has 1 aromatic rings. The second-order valence-corrected chi connectivity index (χ2v) is 3.52. The van der Waals surface area contributed by atoms with Gasteiger partial charge in [-0.25, -0.2) is 0 Å². The summed E-state index contributed by atoms with van der Waals surface area (Å²) in [5.41, 5.74) is 0. The Bertz CT molecular complexity index is 297. The predicted molar refractivity (Wildman–Crippen MR) is 65.4 cm³/mol. The number of hydrogen-bond donors (Lipinski definition) is 1. The SMILES string of the molecule is COc1cccc(NCCCOCCCl)n1. The lowest BCUT2D eigenvalue weighted by Crippen LogP contribution is -2.07. The van der Waals surface area contributed by atoms with Gasteiger partial charge in [0.25, 0.3) is 0 Å². The maximum absolute atomic E-state index is 5.48. The summed E-state index contributed by atoms with van der Waals surface area (Å²) >= 11 is 5.48. The number of anilines is 1. The van der Waals surface area contributed by atoms with Gasteiger partial charge in [0.1, 0.15) is 5.82 Å². The fraction of sp³-hybridized carbons (Fsp3) is 0.545. The van der Waals surface area contributed by atoms with Crippen LogP contribution < -0.4 is 10.1 Å². The van der Waals surface area contributed by atoms with E-state index < -0.39 is 0 Å². The lowest BCUT2D eigenvalue weighted by Gasteiger charge is -2.06. The number of methoxy groups -OCH3 is 1. The maximum atomic E-state index is 5.48. The molecule has 0 atom stereocenters. The molecule has 0 fully saturated rings. The Morgan fingerprint density at radius 1 is 1.38 bits per heavy atom. The zero-order valence-electron chi connectivity index (χ0n) is 9.41. The Morgan fingerprint density at radius 3 is 3.00 bits per heavy atom. The number of alkyl halides is 1. The van der Waals surface area contributed by atoms with Crippen molar-refractivity contribution in [2.24, 2.45) is 0 Å². The van der Waals surface area contributed by atoms with E-state index in [1.807, 2.05) is 18.2 Å². The van der Waals surface area contributed by atoms with Gasteiger partial charge in [0.2, 0.25) is 5.88 Å². The number of rotatable bonds is 8. The van der Waals surface area contributed by atoms with Crippen LogP contribution in [0.4, 0.5) is 5.82 Å². The van der Waals surface area contributed by atoms with Crippen molar-refractivity contribution in [1.29, 1.82) is 0 Å². The van der Waals surface area contributed by atoms with E-state index in [-0.39, 0.29) is 0 Å². The molecule has 0 aliphatic rings. The van der Waals surface area contributed by atoms with E-state index in [4.69, 9.17) is 21.1 Å². The van der Waals surface area contributed by atoms with Crippen molar-refractivity contribution < 1.29 is 9.47 Å². The number of halogens is 1. The average Bonchev–Trinajstić information content (AvgIpc) is 2.34. The van der Waals surface area contributed by atoms with E-state index in [9.17, 15) is 0 Å². The molecule has 5 heteroatoms. The van der Waals surface area contributed by atoms with Crippen LogP contribution in [0.25, 0.3) is 0 Å². The van der Waals surface area contributed by atoms with Gasteiger partial charge in [0.05, 0.1) is 13.7 Å². The first-order chi connectivity index (χ1) is 7.86. The second kappa shape index (κ2) is 8.19. The first-order valence-corrected chi connectivity index (χ1v) is 5.79. The molecular weight excluding hydrogens is 228 g/mol. The zero-order valence-corrected chi connectivity index (χ0v) is 10.2. The van der Waals surface area contributed by atoms with Gasteiger partial charge in [0, 0.05) is 25.1 Å². The number of hydrogen-bond acceptors (Lipinski definition) is 4. The van der Waals surface area contributed by atoms with E-state index in [0.29, 0.717) is 25.0 Å². The first-order valence-electron chi connectivity index (χ1n) is 5.25. The molecule has 0 saturated carbocycles. The number of nitrogens with zero attached hydrogens (tertiary/aromatic N) is 1. The van der Waals surface area contributed by atoms with Crippen molar-refractivity contribution in [2.45, 2.75) is 6.42 Å². The van der Waals surface area contributed by atoms with Crippen LogP contribution in [0.1, 0.15) is 6.42 Å². The van der Waals surface area contributed by atoms with Crippen molar-refractivity contribution in [2.75, 3.05) is 38.1 Å². The molecule has 1 rings (SSSR count). The van der Waals surface area contributed by atoms with E-state index in [1.165, 1.54) is 0 Å². The molecule has 0 spiro atoms. The van der Waals surface area contributed by atoms with E-state index in [2.05, 4.69) is 10.3 Å². The Kier molecular flexibility index (Phi) is 6.69. The molecule has 0 amide bonds. The van der Waals surface area contributed by atoms with E-state index >= 15 is 0 Å². The molecule has 1 heterocycles. The monoisotopic (exact) mass is 244 g/mol. The van der Waals surface area contributed by atoms with Gasteiger partial charge < -0.3 is 14.8 Å². The summed E-state index contributed by atoms with van der Waals surface area (Å²) in [4.78, 5) is 4.23.